The summed E-state index contributed by atoms with van der Waals surface area (Å²) in [5, 5.41) is 3.05. The smallest absolute Gasteiger partial charge is 0.251 e. The van der Waals surface area contributed by atoms with Crippen molar-refractivity contribution < 1.29 is 9.59 Å². The molecule has 0 saturated heterocycles. The topological polar surface area (TPSA) is 67.2 Å². The highest BCUT2D eigenvalue weighted by Gasteiger charge is 2.20. The van der Waals surface area contributed by atoms with Gasteiger partial charge in [-0.1, -0.05) is 63.9 Å². The Balaban J connectivity index is 1.58. The molecule has 2 aromatic carbocycles. The van der Waals surface area contributed by atoms with Gasteiger partial charge in [0.2, 0.25) is 5.91 Å². The molecule has 1 aromatic heterocycles. The van der Waals surface area contributed by atoms with Crippen LogP contribution in [0, 0.1) is 25.7 Å². The van der Waals surface area contributed by atoms with Gasteiger partial charge in [-0.05, 0) is 62.3 Å². The molecule has 0 aliphatic rings. The number of nitrogens with zero attached hydrogens (tertiary/aromatic N) is 3. The van der Waals surface area contributed by atoms with Gasteiger partial charge >= 0.3 is 0 Å². The molecule has 3 rings (SSSR count). The zero-order valence-corrected chi connectivity index (χ0v) is 23.5. The number of imidazole rings is 1. The van der Waals surface area contributed by atoms with E-state index in [1.165, 1.54) is 0 Å². The Bertz CT molecular complexity index is 1190. The molecule has 0 saturated carbocycles. The largest absolute Gasteiger partial charge is 0.352 e. The molecule has 2 amide bonds. The molecule has 1 heterocycles. The van der Waals surface area contributed by atoms with Crippen molar-refractivity contribution in [1.29, 1.82) is 0 Å². The van der Waals surface area contributed by atoms with Gasteiger partial charge in [0.05, 0.1) is 11.0 Å². The lowest BCUT2D eigenvalue weighted by Gasteiger charge is -2.27. The first-order valence-electron chi connectivity index (χ1n) is 13.7. The van der Waals surface area contributed by atoms with E-state index in [2.05, 4.69) is 43.6 Å². The summed E-state index contributed by atoms with van der Waals surface area (Å²) < 4.78 is 2.10. The molecule has 0 bridgehead atoms. The molecule has 200 valence electrons. The molecule has 3 aromatic rings. The summed E-state index contributed by atoms with van der Waals surface area (Å²) in [5.74, 6) is 1.96. The lowest BCUT2D eigenvalue weighted by Crippen LogP contribution is -2.39. The zero-order valence-electron chi connectivity index (χ0n) is 23.5. The van der Waals surface area contributed by atoms with E-state index in [0.717, 1.165) is 72.3 Å². The van der Waals surface area contributed by atoms with E-state index in [1.54, 1.807) is 0 Å². The van der Waals surface area contributed by atoms with E-state index < -0.39 is 0 Å². The average molecular weight is 505 g/mol. The highest BCUT2D eigenvalue weighted by atomic mass is 16.2. The SMILES string of the molecule is Cc1ccc(C(=O)NCCCCCc2nc3ccccc3n2CC(=O)N(CC(C)C)CC(C)C)c(C)c1. The van der Waals surface area contributed by atoms with Crippen molar-refractivity contribution in [3.8, 4) is 0 Å². The summed E-state index contributed by atoms with van der Waals surface area (Å²) in [5.41, 5.74) is 4.86. The fourth-order valence-corrected chi connectivity index (χ4v) is 4.84. The molecular weight excluding hydrogens is 460 g/mol. The molecule has 37 heavy (non-hydrogen) atoms. The number of amides is 2. The Morgan fingerprint density at radius 2 is 1.65 bits per heavy atom. The fraction of sp³-hybridized carbons (Fsp3) is 0.516. The minimum absolute atomic E-state index is 0.00912. The molecule has 0 spiro atoms. The molecule has 0 aliphatic heterocycles. The summed E-state index contributed by atoms with van der Waals surface area (Å²) in [4.78, 5) is 32.7. The van der Waals surface area contributed by atoms with E-state index in [4.69, 9.17) is 4.98 Å². The van der Waals surface area contributed by atoms with Crippen molar-refractivity contribution in [3.05, 3.63) is 65.0 Å². The number of aromatic nitrogens is 2. The maximum atomic E-state index is 13.4. The minimum atomic E-state index is -0.00912. The maximum absolute atomic E-state index is 13.4. The summed E-state index contributed by atoms with van der Waals surface area (Å²) in [6, 6.07) is 14.0. The van der Waals surface area contributed by atoms with Crippen LogP contribution in [0.4, 0.5) is 0 Å². The van der Waals surface area contributed by atoms with Crippen LogP contribution in [0.25, 0.3) is 11.0 Å². The average Bonchev–Trinajstić information content (AvgIpc) is 3.17. The molecule has 0 radical (unpaired) electrons. The predicted octanol–water partition coefficient (Wildman–Crippen LogP) is 5.94. The Morgan fingerprint density at radius 3 is 2.32 bits per heavy atom. The van der Waals surface area contributed by atoms with E-state index >= 15 is 0 Å². The molecule has 6 heteroatoms. The van der Waals surface area contributed by atoms with Crippen LogP contribution in [0.2, 0.25) is 0 Å². The van der Waals surface area contributed by atoms with Crippen molar-refractivity contribution in [3.63, 3.8) is 0 Å². The van der Waals surface area contributed by atoms with E-state index in [-0.39, 0.29) is 11.8 Å². The Kier molecular flexibility index (Phi) is 10.3. The van der Waals surface area contributed by atoms with Gasteiger partial charge in [-0.15, -0.1) is 0 Å². The molecule has 1 N–H and O–H groups in total. The van der Waals surface area contributed by atoms with Crippen LogP contribution < -0.4 is 5.32 Å². The quantitative estimate of drug-likeness (QED) is 0.293. The molecule has 0 fully saturated rings. The highest BCUT2D eigenvalue weighted by Crippen LogP contribution is 2.19. The van der Waals surface area contributed by atoms with Gasteiger partial charge in [-0.3, -0.25) is 9.59 Å². The van der Waals surface area contributed by atoms with Gasteiger partial charge in [-0.25, -0.2) is 4.98 Å². The third-order valence-corrected chi connectivity index (χ3v) is 6.54. The second-order valence-electron chi connectivity index (χ2n) is 11.1. The van der Waals surface area contributed by atoms with Gasteiger partial charge in [0.1, 0.15) is 12.4 Å². The number of rotatable bonds is 13. The predicted molar refractivity (Wildman–Crippen MR) is 152 cm³/mol. The number of benzene rings is 2. The number of nitrogens with one attached hydrogen (secondary N) is 1. The fourth-order valence-electron chi connectivity index (χ4n) is 4.84. The van der Waals surface area contributed by atoms with Crippen LogP contribution in [0.3, 0.4) is 0 Å². The molecule has 6 nitrogen and oxygen atoms in total. The number of carbonyl (C=O) groups is 2. The number of fused-ring (bicyclic) bond motifs is 1. The van der Waals surface area contributed by atoms with E-state index in [9.17, 15) is 9.59 Å². The van der Waals surface area contributed by atoms with Crippen molar-refractivity contribution in [2.45, 2.75) is 73.8 Å². The third-order valence-electron chi connectivity index (χ3n) is 6.54. The Hall–Kier alpha value is -3.15. The number of para-hydroxylation sites is 2. The second kappa shape index (κ2) is 13.4. The highest BCUT2D eigenvalue weighted by molar-refractivity contribution is 5.95. The molecular formula is C31H44N4O2. The third kappa shape index (κ3) is 8.17. The normalized spacial score (nSPS) is 11.5. The standard InChI is InChI=1S/C31H44N4O2/c1-22(2)19-34(20-23(3)4)30(36)21-35-28-13-10-9-12-27(28)33-29(35)14-8-7-11-17-32-31(37)26-16-15-24(5)18-25(26)6/h9-10,12-13,15-16,18,22-23H,7-8,11,14,17,19-21H2,1-6H3,(H,32,37). The van der Waals surface area contributed by atoms with E-state index in [0.29, 0.717) is 24.9 Å². The second-order valence-corrected chi connectivity index (χ2v) is 11.1. The van der Waals surface area contributed by atoms with Crippen molar-refractivity contribution in [1.82, 2.24) is 19.8 Å². The first kappa shape index (κ1) is 28.4. The zero-order chi connectivity index (χ0) is 26.9. The Morgan fingerprint density at radius 1 is 0.946 bits per heavy atom. The van der Waals surface area contributed by atoms with Gasteiger partial charge in [0.25, 0.3) is 5.91 Å². The maximum Gasteiger partial charge on any atom is 0.251 e. The summed E-state index contributed by atoms with van der Waals surface area (Å²) in [7, 11) is 0. The van der Waals surface area contributed by atoms with Crippen LogP contribution in [0.15, 0.2) is 42.5 Å². The summed E-state index contributed by atoms with van der Waals surface area (Å²) in [6.07, 6.45) is 3.66. The number of hydrogen-bond acceptors (Lipinski definition) is 3. The first-order valence-corrected chi connectivity index (χ1v) is 13.7. The van der Waals surface area contributed by atoms with Gasteiger partial charge in [0.15, 0.2) is 0 Å². The van der Waals surface area contributed by atoms with Crippen LogP contribution >= 0.6 is 0 Å². The van der Waals surface area contributed by atoms with Crippen LogP contribution in [-0.2, 0) is 17.8 Å². The van der Waals surface area contributed by atoms with Crippen molar-refractivity contribution >= 4 is 22.8 Å². The molecule has 0 atom stereocenters. The molecule has 0 unspecified atom stereocenters. The number of unbranched alkanes of at least 4 members (excludes halogenated alkanes) is 2. The minimum Gasteiger partial charge on any atom is -0.352 e. The summed E-state index contributed by atoms with van der Waals surface area (Å²) in [6.45, 7) is 15.1. The van der Waals surface area contributed by atoms with Gasteiger partial charge in [-0.2, -0.15) is 0 Å². The Labute approximate surface area is 222 Å². The molecule has 0 aliphatic carbocycles. The van der Waals surface area contributed by atoms with Crippen LogP contribution in [0.1, 0.15) is 74.3 Å². The van der Waals surface area contributed by atoms with Crippen LogP contribution in [0.5, 0.6) is 0 Å². The number of aryl methyl sites for hydroxylation is 3. The van der Waals surface area contributed by atoms with E-state index in [1.807, 2.05) is 55.1 Å². The van der Waals surface area contributed by atoms with Gasteiger partial charge < -0.3 is 14.8 Å². The lowest BCUT2D eigenvalue weighted by atomic mass is 10.1. The monoisotopic (exact) mass is 504 g/mol. The first-order chi connectivity index (χ1) is 17.7. The van der Waals surface area contributed by atoms with Crippen molar-refractivity contribution in [2.75, 3.05) is 19.6 Å². The van der Waals surface area contributed by atoms with Gasteiger partial charge in [0, 0.05) is 31.6 Å². The number of carbonyl (C=O) groups excluding carboxylic acids is 2. The van der Waals surface area contributed by atoms with Crippen molar-refractivity contribution in [2.24, 2.45) is 11.8 Å². The number of hydrogen-bond donors (Lipinski definition) is 1. The lowest BCUT2D eigenvalue weighted by molar-refractivity contribution is -0.132. The summed E-state index contributed by atoms with van der Waals surface area (Å²) >= 11 is 0. The van der Waals surface area contributed by atoms with Crippen LogP contribution in [-0.4, -0.2) is 45.9 Å².